The molecule has 0 saturated heterocycles. The molecule has 0 atom stereocenters. The third-order valence-corrected chi connectivity index (χ3v) is 4.53. The monoisotopic (exact) mass is 351 g/mol. The van der Waals surface area contributed by atoms with Gasteiger partial charge in [0.2, 0.25) is 5.89 Å². The van der Waals surface area contributed by atoms with E-state index in [1.807, 2.05) is 25.2 Å². The van der Waals surface area contributed by atoms with Crippen LogP contribution in [0.1, 0.15) is 11.5 Å². The third-order valence-electron chi connectivity index (χ3n) is 2.97. The number of anilines is 1. The topological polar surface area (TPSA) is 55.3 Å². The van der Waals surface area contributed by atoms with Gasteiger partial charge in [0.05, 0.1) is 16.0 Å². The molecule has 2 heterocycles. The number of aromatic nitrogens is 1. The fourth-order valence-electron chi connectivity index (χ4n) is 2.11. The molecule has 0 amide bonds. The second kappa shape index (κ2) is 5.55. The Hall–Kier alpha value is -1.37. The number of benzene rings is 1. The summed E-state index contributed by atoms with van der Waals surface area (Å²) in [5.41, 5.74) is 9.31. The zero-order valence-electron chi connectivity index (χ0n) is 11.0. The lowest BCUT2D eigenvalue weighted by molar-refractivity contribution is 0.285. The SMILES string of the molecule is CN(Cc1csc(Br)c1)Cc1nc2c(N)cccc2o1. The normalized spacial score (nSPS) is 11.6. The van der Waals surface area contributed by atoms with E-state index in [0.29, 0.717) is 18.1 Å². The van der Waals surface area contributed by atoms with Crippen molar-refractivity contribution < 1.29 is 4.42 Å². The molecule has 0 spiro atoms. The number of hydrogen-bond donors (Lipinski definition) is 1. The molecule has 2 aromatic heterocycles. The second-order valence-corrected chi connectivity index (χ2v) is 7.02. The van der Waals surface area contributed by atoms with Crippen LogP contribution in [0.15, 0.2) is 37.8 Å². The van der Waals surface area contributed by atoms with E-state index in [1.54, 1.807) is 11.3 Å². The molecule has 3 aromatic rings. The zero-order chi connectivity index (χ0) is 14.1. The van der Waals surface area contributed by atoms with Gasteiger partial charge in [0, 0.05) is 6.54 Å². The van der Waals surface area contributed by atoms with Gasteiger partial charge in [0.25, 0.3) is 0 Å². The first kappa shape index (κ1) is 13.6. The van der Waals surface area contributed by atoms with Crippen LogP contribution in [0.3, 0.4) is 0 Å². The number of para-hydroxylation sites is 1. The van der Waals surface area contributed by atoms with Crippen molar-refractivity contribution in [3.8, 4) is 0 Å². The number of nitrogens with two attached hydrogens (primary N) is 1. The molecule has 3 rings (SSSR count). The van der Waals surface area contributed by atoms with Gasteiger partial charge >= 0.3 is 0 Å². The maximum atomic E-state index is 5.89. The largest absolute Gasteiger partial charge is 0.439 e. The average molecular weight is 352 g/mol. The summed E-state index contributed by atoms with van der Waals surface area (Å²) in [7, 11) is 2.05. The van der Waals surface area contributed by atoms with Crippen LogP contribution in [0.5, 0.6) is 0 Å². The highest BCUT2D eigenvalue weighted by Crippen LogP contribution is 2.23. The Morgan fingerprint density at radius 3 is 2.95 bits per heavy atom. The summed E-state index contributed by atoms with van der Waals surface area (Å²) in [5.74, 6) is 0.690. The molecule has 0 aliphatic carbocycles. The number of thiophene rings is 1. The van der Waals surface area contributed by atoms with E-state index in [-0.39, 0.29) is 0 Å². The van der Waals surface area contributed by atoms with E-state index in [0.717, 1.165) is 21.4 Å². The molecular weight excluding hydrogens is 338 g/mol. The average Bonchev–Trinajstić information content (AvgIpc) is 2.96. The summed E-state index contributed by atoms with van der Waals surface area (Å²) in [5, 5.41) is 2.14. The van der Waals surface area contributed by atoms with E-state index in [4.69, 9.17) is 10.2 Å². The molecule has 104 valence electrons. The minimum Gasteiger partial charge on any atom is -0.439 e. The molecule has 0 unspecified atom stereocenters. The Labute approximate surface area is 129 Å². The summed E-state index contributed by atoms with van der Waals surface area (Å²) >= 11 is 5.17. The van der Waals surface area contributed by atoms with Crippen molar-refractivity contribution in [3.05, 3.63) is 44.9 Å². The Bertz CT molecular complexity index is 737. The fourth-order valence-corrected chi connectivity index (χ4v) is 3.31. The fraction of sp³-hybridized carbons (Fsp3) is 0.214. The van der Waals surface area contributed by atoms with Gasteiger partial charge in [0.15, 0.2) is 5.58 Å². The maximum absolute atomic E-state index is 5.89. The van der Waals surface area contributed by atoms with Crippen LogP contribution >= 0.6 is 27.3 Å². The van der Waals surface area contributed by atoms with Crippen LogP contribution in [0.25, 0.3) is 11.1 Å². The smallest absolute Gasteiger partial charge is 0.209 e. The van der Waals surface area contributed by atoms with Crippen molar-refractivity contribution in [2.24, 2.45) is 0 Å². The molecule has 20 heavy (non-hydrogen) atoms. The molecule has 0 fully saturated rings. The van der Waals surface area contributed by atoms with Gasteiger partial charge in [-0.25, -0.2) is 4.98 Å². The molecular formula is C14H14BrN3OS. The highest BCUT2D eigenvalue weighted by molar-refractivity contribution is 9.11. The molecule has 0 radical (unpaired) electrons. The summed E-state index contributed by atoms with van der Waals surface area (Å²) in [4.78, 5) is 6.62. The van der Waals surface area contributed by atoms with E-state index < -0.39 is 0 Å². The van der Waals surface area contributed by atoms with Gasteiger partial charge < -0.3 is 10.2 Å². The van der Waals surface area contributed by atoms with Gasteiger partial charge in [-0.3, -0.25) is 4.90 Å². The number of nitrogen functional groups attached to an aromatic ring is 1. The van der Waals surface area contributed by atoms with Crippen molar-refractivity contribution in [3.63, 3.8) is 0 Å². The minimum absolute atomic E-state index is 0.654. The number of rotatable bonds is 4. The number of halogens is 1. The van der Waals surface area contributed by atoms with Gasteiger partial charge in [-0.2, -0.15) is 0 Å². The number of fused-ring (bicyclic) bond motifs is 1. The summed E-state index contributed by atoms with van der Waals surface area (Å²) in [6.45, 7) is 1.51. The van der Waals surface area contributed by atoms with Gasteiger partial charge in [-0.15, -0.1) is 11.3 Å². The minimum atomic E-state index is 0.654. The Balaban J connectivity index is 1.74. The van der Waals surface area contributed by atoms with Gasteiger partial charge in [-0.1, -0.05) is 6.07 Å². The first-order chi connectivity index (χ1) is 9.61. The van der Waals surface area contributed by atoms with E-state index in [9.17, 15) is 0 Å². The van der Waals surface area contributed by atoms with Crippen LogP contribution in [0.2, 0.25) is 0 Å². The predicted molar refractivity (Wildman–Crippen MR) is 85.6 cm³/mol. The third kappa shape index (κ3) is 2.87. The summed E-state index contributed by atoms with van der Waals surface area (Å²) in [6, 6.07) is 7.73. The zero-order valence-corrected chi connectivity index (χ0v) is 13.4. The van der Waals surface area contributed by atoms with Crippen LogP contribution in [0, 0.1) is 0 Å². The summed E-state index contributed by atoms with van der Waals surface area (Å²) < 4.78 is 6.87. The Morgan fingerprint density at radius 2 is 2.25 bits per heavy atom. The Kier molecular flexibility index (Phi) is 3.78. The predicted octanol–water partition coefficient (Wildman–Crippen LogP) is 3.87. The van der Waals surface area contributed by atoms with Crippen LogP contribution < -0.4 is 5.73 Å². The maximum Gasteiger partial charge on any atom is 0.209 e. The highest BCUT2D eigenvalue weighted by atomic mass is 79.9. The lowest BCUT2D eigenvalue weighted by Gasteiger charge is -2.12. The van der Waals surface area contributed by atoms with Gasteiger partial charge in [0.1, 0.15) is 5.52 Å². The molecule has 4 nitrogen and oxygen atoms in total. The van der Waals surface area contributed by atoms with Crippen LogP contribution in [-0.4, -0.2) is 16.9 Å². The first-order valence-corrected chi connectivity index (χ1v) is 7.84. The van der Waals surface area contributed by atoms with Crippen molar-refractivity contribution in [2.45, 2.75) is 13.1 Å². The van der Waals surface area contributed by atoms with Crippen molar-refractivity contribution in [1.29, 1.82) is 0 Å². The van der Waals surface area contributed by atoms with Crippen molar-refractivity contribution >= 4 is 44.1 Å². The lowest BCUT2D eigenvalue weighted by atomic mass is 10.3. The standard InChI is InChI=1S/C14H14BrN3OS/c1-18(6-9-5-12(15)20-8-9)7-13-17-14-10(16)3-2-4-11(14)19-13/h2-5,8H,6-7,16H2,1H3. The molecule has 0 bridgehead atoms. The second-order valence-electron chi connectivity index (χ2n) is 4.73. The highest BCUT2D eigenvalue weighted by Gasteiger charge is 2.11. The molecule has 6 heteroatoms. The van der Waals surface area contributed by atoms with Crippen molar-refractivity contribution in [1.82, 2.24) is 9.88 Å². The molecule has 2 N–H and O–H groups in total. The quantitative estimate of drug-likeness (QED) is 0.725. The van der Waals surface area contributed by atoms with E-state index in [2.05, 4.69) is 37.3 Å². The van der Waals surface area contributed by atoms with E-state index in [1.165, 1.54) is 5.56 Å². The first-order valence-electron chi connectivity index (χ1n) is 6.17. The molecule has 1 aromatic carbocycles. The molecule has 0 saturated carbocycles. The van der Waals surface area contributed by atoms with Crippen molar-refractivity contribution in [2.75, 3.05) is 12.8 Å². The van der Waals surface area contributed by atoms with Crippen LogP contribution in [0.4, 0.5) is 5.69 Å². The number of nitrogens with zero attached hydrogens (tertiary/aromatic N) is 2. The Morgan fingerprint density at radius 1 is 1.40 bits per heavy atom. The van der Waals surface area contributed by atoms with Crippen LogP contribution in [-0.2, 0) is 13.1 Å². The van der Waals surface area contributed by atoms with Gasteiger partial charge in [-0.05, 0) is 52.1 Å². The molecule has 0 aliphatic rings. The lowest BCUT2D eigenvalue weighted by Crippen LogP contribution is -2.16. The van der Waals surface area contributed by atoms with E-state index >= 15 is 0 Å². The number of oxazole rings is 1. The number of hydrogen-bond acceptors (Lipinski definition) is 5. The summed E-state index contributed by atoms with van der Waals surface area (Å²) in [6.07, 6.45) is 0. The molecule has 0 aliphatic heterocycles.